The molecule has 0 atom stereocenters. The van der Waals surface area contributed by atoms with Gasteiger partial charge < -0.3 is 25.0 Å². The Morgan fingerprint density at radius 1 is 1.00 bits per heavy atom. The Morgan fingerprint density at radius 2 is 1.67 bits per heavy atom. The van der Waals surface area contributed by atoms with Crippen LogP contribution in [0.2, 0.25) is 0 Å². The van der Waals surface area contributed by atoms with Gasteiger partial charge >= 0.3 is 0 Å². The van der Waals surface area contributed by atoms with Crippen LogP contribution in [-0.4, -0.2) is 53.2 Å². The fourth-order valence-corrected chi connectivity index (χ4v) is 2.69. The molecule has 0 aliphatic carbocycles. The van der Waals surface area contributed by atoms with E-state index in [0.717, 1.165) is 12.1 Å². The molecular weight excluding hydrogens is 382 g/mol. The lowest BCUT2D eigenvalue weighted by atomic mass is 10.1. The lowest BCUT2D eigenvalue weighted by Gasteiger charge is -2.13. The number of benzene rings is 2. The average Bonchev–Trinajstić information content (AvgIpc) is 2.73. The van der Waals surface area contributed by atoms with Crippen molar-refractivity contribution in [1.82, 2.24) is 10.6 Å². The van der Waals surface area contributed by atoms with Gasteiger partial charge in [-0.3, -0.25) is 9.59 Å². The van der Waals surface area contributed by atoms with E-state index in [-0.39, 0.29) is 17.5 Å². The Kier molecular flexibility index (Phi) is 8.43. The van der Waals surface area contributed by atoms with Crippen LogP contribution >= 0.6 is 0 Å². The van der Waals surface area contributed by atoms with Crippen molar-refractivity contribution in [3.63, 3.8) is 0 Å². The first-order valence-corrected chi connectivity index (χ1v) is 9.73. The Hall–Kier alpha value is -3.32. The smallest absolute Gasteiger partial charge is 0.268 e. The van der Waals surface area contributed by atoms with E-state index in [2.05, 4.69) is 10.6 Å². The van der Waals surface area contributed by atoms with Crippen molar-refractivity contribution in [2.24, 2.45) is 0 Å². The molecule has 0 aromatic heterocycles. The lowest BCUT2D eigenvalue weighted by Crippen LogP contribution is -3.06. The van der Waals surface area contributed by atoms with Crippen molar-refractivity contribution < 1.29 is 24.0 Å². The molecule has 0 spiro atoms. The molecule has 0 saturated carbocycles. The van der Waals surface area contributed by atoms with Crippen molar-refractivity contribution in [3.8, 4) is 11.5 Å². The minimum Gasteiger partial charge on any atom is -0.493 e. The van der Waals surface area contributed by atoms with Crippen LogP contribution in [0.5, 0.6) is 11.5 Å². The van der Waals surface area contributed by atoms with Crippen molar-refractivity contribution in [1.29, 1.82) is 0 Å². The maximum atomic E-state index is 12.8. The summed E-state index contributed by atoms with van der Waals surface area (Å²) in [6.45, 7) is 3.20. The Labute approximate surface area is 177 Å². The number of amides is 2. The highest BCUT2D eigenvalue weighted by Gasteiger charge is 2.15. The van der Waals surface area contributed by atoms with Gasteiger partial charge in [-0.05, 0) is 42.8 Å². The fourth-order valence-electron chi connectivity index (χ4n) is 2.69. The zero-order valence-corrected chi connectivity index (χ0v) is 18.2. The van der Waals surface area contributed by atoms with Gasteiger partial charge in [0.05, 0.1) is 41.4 Å². The molecule has 0 radical (unpaired) electrons. The van der Waals surface area contributed by atoms with Gasteiger partial charge in [-0.15, -0.1) is 0 Å². The highest BCUT2D eigenvalue weighted by Crippen LogP contribution is 2.28. The summed E-state index contributed by atoms with van der Waals surface area (Å²) in [4.78, 5) is 26.7. The molecule has 0 aliphatic rings. The number of carbonyl (C=O) groups is 2. The van der Waals surface area contributed by atoms with E-state index in [0.29, 0.717) is 29.2 Å². The first kappa shape index (κ1) is 23.0. The van der Waals surface area contributed by atoms with Crippen LogP contribution in [0.25, 0.3) is 6.08 Å². The molecule has 0 bridgehead atoms. The monoisotopic (exact) mass is 412 g/mol. The van der Waals surface area contributed by atoms with Crippen LogP contribution in [0.4, 0.5) is 0 Å². The van der Waals surface area contributed by atoms with E-state index in [4.69, 9.17) is 9.47 Å². The summed E-state index contributed by atoms with van der Waals surface area (Å²) in [5.74, 6) is 0.409. The number of carbonyl (C=O) groups excluding carboxylic acids is 2. The number of rotatable bonds is 9. The second kappa shape index (κ2) is 11.0. The molecule has 2 aromatic rings. The normalized spacial score (nSPS) is 11.2. The summed E-state index contributed by atoms with van der Waals surface area (Å²) in [6, 6.07) is 12.4. The Bertz CT molecular complexity index is 905. The molecule has 0 fully saturated rings. The highest BCUT2D eigenvalue weighted by atomic mass is 16.5. The SMILES string of the molecule is COc1ccc(/C=C(\NC(=O)c2ccc(C)cc2)C(=O)NCC[NH+](C)C)cc1OC. The van der Waals surface area contributed by atoms with Gasteiger partial charge in [-0.25, -0.2) is 0 Å². The molecule has 7 heteroatoms. The van der Waals surface area contributed by atoms with Crippen molar-refractivity contribution in [2.45, 2.75) is 6.92 Å². The van der Waals surface area contributed by atoms with Crippen LogP contribution < -0.4 is 25.0 Å². The summed E-state index contributed by atoms with van der Waals surface area (Å²) in [6.07, 6.45) is 1.62. The zero-order chi connectivity index (χ0) is 22.1. The third-order valence-corrected chi connectivity index (χ3v) is 4.44. The van der Waals surface area contributed by atoms with Gasteiger partial charge in [-0.2, -0.15) is 0 Å². The lowest BCUT2D eigenvalue weighted by molar-refractivity contribution is -0.856. The molecule has 30 heavy (non-hydrogen) atoms. The zero-order valence-electron chi connectivity index (χ0n) is 18.2. The molecule has 0 aliphatic heterocycles. The minimum absolute atomic E-state index is 0.154. The summed E-state index contributed by atoms with van der Waals surface area (Å²) >= 11 is 0. The van der Waals surface area contributed by atoms with Gasteiger partial charge in [0.1, 0.15) is 5.70 Å². The van der Waals surface area contributed by atoms with Gasteiger partial charge in [0.25, 0.3) is 11.8 Å². The number of hydrogen-bond donors (Lipinski definition) is 3. The molecule has 3 N–H and O–H groups in total. The summed E-state index contributed by atoms with van der Waals surface area (Å²) in [5, 5.41) is 5.59. The fraction of sp³-hybridized carbons (Fsp3) is 0.304. The minimum atomic E-state index is -0.355. The number of quaternary nitrogens is 1. The van der Waals surface area contributed by atoms with E-state index < -0.39 is 0 Å². The first-order chi connectivity index (χ1) is 14.3. The standard InChI is InChI=1S/C23H29N3O4/c1-16-6-9-18(10-7-16)22(27)25-19(23(28)24-12-13-26(2)3)14-17-8-11-20(29-4)21(15-17)30-5/h6-11,14-15H,12-13H2,1-5H3,(H,24,28)(H,25,27)/p+1/b19-14-. The molecule has 2 rings (SSSR count). The van der Waals surface area contributed by atoms with Gasteiger partial charge in [0.15, 0.2) is 11.5 Å². The predicted octanol–water partition coefficient (Wildman–Crippen LogP) is 1.04. The van der Waals surface area contributed by atoms with Crippen LogP contribution in [0, 0.1) is 6.92 Å². The number of ether oxygens (including phenoxy) is 2. The summed E-state index contributed by atoms with van der Waals surface area (Å²) in [7, 11) is 7.11. The average molecular weight is 413 g/mol. The number of nitrogens with one attached hydrogen (secondary N) is 3. The van der Waals surface area contributed by atoms with E-state index in [1.54, 1.807) is 50.6 Å². The molecule has 7 nitrogen and oxygen atoms in total. The van der Waals surface area contributed by atoms with E-state index >= 15 is 0 Å². The van der Waals surface area contributed by atoms with Crippen molar-refractivity contribution >= 4 is 17.9 Å². The third-order valence-electron chi connectivity index (χ3n) is 4.44. The Morgan fingerprint density at radius 3 is 2.27 bits per heavy atom. The molecule has 0 saturated heterocycles. The molecular formula is C23H30N3O4+. The molecule has 0 unspecified atom stereocenters. The largest absolute Gasteiger partial charge is 0.493 e. The van der Waals surface area contributed by atoms with Crippen LogP contribution in [0.3, 0.4) is 0 Å². The molecule has 160 valence electrons. The highest BCUT2D eigenvalue weighted by molar-refractivity contribution is 6.05. The Balaban J connectivity index is 2.30. The number of aryl methyl sites for hydroxylation is 1. The molecule has 2 aromatic carbocycles. The maximum absolute atomic E-state index is 12.8. The molecule has 2 amide bonds. The topological polar surface area (TPSA) is 81.1 Å². The second-order valence-corrected chi connectivity index (χ2v) is 7.21. The maximum Gasteiger partial charge on any atom is 0.268 e. The van der Waals surface area contributed by atoms with Crippen LogP contribution in [0.15, 0.2) is 48.2 Å². The van der Waals surface area contributed by atoms with Gasteiger partial charge in [-0.1, -0.05) is 23.8 Å². The number of likely N-dealkylation sites (N-methyl/N-ethyl adjacent to an activating group) is 1. The number of methoxy groups -OCH3 is 2. The first-order valence-electron chi connectivity index (χ1n) is 9.73. The second-order valence-electron chi connectivity index (χ2n) is 7.21. The quantitative estimate of drug-likeness (QED) is 0.538. The predicted molar refractivity (Wildman–Crippen MR) is 117 cm³/mol. The third kappa shape index (κ3) is 6.63. The van der Waals surface area contributed by atoms with Gasteiger partial charge in [0.2, 0.25) is 0 Å². The van der Waals surface area contributed by atoms with Crippen molar-refractivity contribution in [2.75, 3.05) is 41.4 Å². The molecule has 0 heterocycles. The van der Waals surface area contributed by atoms with Crippen LogP contribution in [-0.2, 0) is 4.79 Å². The number of hydrogen-bond acceptors (Lipinski definition) is 4. The van der Waals surface area contributed by atoms with Crippen molar-refractivity contribution in [3.05, 3.63) is 64.9 Å². The summed E-state index contributed by atoms with van der Waals surface area (Å²) in [5.41, 5.74) is 2.38. The van der Waals surface area contributed by atoms with E-state index in [1.165, 1.54) is 4.90 Å². The van der Waals surface area contributed by atoms with Gasteiger partial charge in [0, 0.05) is 5.56 Å². The summed E-state index contributed by atoms with van der Waals surface area (Å²) < 4.78 is 10.6. The van der Waals surface area contributed by atoms with E-state index in [1.807, 2.05) is 33.2 Å². The van der Waals surface area contributed by atoms with Crippen LogP contribution in [0.1, 0.15) is 21.5 Å². The van der Waals surface area contributed by atoms with E-state index in [9.17, 15) is 9.59 Å².